The molecule has 0 saturated heterocycles. The van der Waals surface area contributed by atoms with Crippen molar-refractivity contribution in [3.63, 3.8) is 0 Å². The van der Waals surface area contributed by atoms with Gasteiger partial charge in [-0.2, -0.15) is 0 Å². The van der Waals surface area contributed by atoms with Crippen LogP contribution in [0.1, 0.15) is 5.69 Å². The molecule has 0 saturated carbocycles. The number of ether oxygens (including phenoxy) is 1. The molecule has 5 nitrogen and oxygen atoms in total. The summed E-state index contributed by atoms with van der Waals surface area (Å²) in [4.78, 5) is 23.3. The summed E-state index contributed by atoms with van der Waals surface area (Å²) >= 11 is 0. The molecule has 5 heteroatoms. The van der Waals surface area contributed by atoms with Crippen LogP contribution >= 0.6 is 0 Å². The number of fused-ring (bicyclic) bond motifs is 1. The fourth-order valence-corrected chi connectivity index (χ4v) is 2.15. The number of hydrogen-bond acceptors (Lipinski definition) is 4. The first-order chi connectivity index (χ1) is 9.78. The van der Waals surface area contributed by atoms with Crippen LogP contribution in [-0.2, 0) is 11.3 Å². The van der Waals surface area contributed by atoms with E-state index >= 15 is 0 Å². The minimum atomic E-state index is -0.199. The molecule has 100 valence electrons. The van der Waals surface area contributed by atoms with Crippen molar-refractivity contribution in [1.29, 1.82) is 0 Å². The minimum absolute atomic E-state index is 0.199. The number of pyridine rings is 1. The van der Waals surface area contributed by atoms with Crippen LogP contribution in [-0.4, -0.2) is 22.1 Å². The van der Waals surface area contributed by atoms with Gasteiger partial charge in [0.05, 0.1) is 17.8 Å². The van der Waals surface area contributed by atoms with E-state index in [-0.39, 0.29) is 5.56 Å². The Labute approximate surface area is 115 Å². The summed E-state index contributed by atoms with van der Waals surface area (Å²) in [6, 6.07) is 11.1. The van der Waals surface area contributed by atoms with Crippen molar-refractivity contribution in [2.24, 2.45) is 0 Å². The van der Waals surface area contributed by atoms with Gasteiger partial charge in [0.1, 0.15) is 5.82 Å². The third-order valence-corrected chi connectivity index (χ3v) is 2.97. The Bertz CT molecular complexity index is 806. The number of aromatic amines is 1. The Kier molecular flexibility index (Phi) is 3.26. The molecule has 1 N–H and O–H groups in total. The zero-order valence-electron chi connectivity index (χ0n) is 11.0. The smallest absolute Gasteiger partial charge is 0.251 e. The number of hydrogen-bond donors (Lipinski definition) is 1. The Hall–Kier alpha value is -2.53. The van der Waals surface area contributed by atoms with Crippen LogP contribution in [0, 0.1) is 0 Å². The lowest BCUT2D eigenvalue weighted by Gasteiger charge is -2.06. The van der Waals surface area contributed by atoms with Crippen molar-refractivity contribution in [2.75, 3.05) is 7.11 Å². The lowest BCUT2D eigenvalue weighted by Crippen LogP contribution is -2.11. The Morgan fingerprint density at radius 1 is 1.25 bits per heavy atom. The molecule has 0 fully saturated rings. The Morgan fingerprint density at radius 3 is 2.95 bits per heavy atom. The maximum Gasteiger partial charge on any atom is 0.251 e. The van der Waals surface area contributed by atoms with Gasteiger partial charge in [-0.25, -0.2) is 4.98 Å². The molecular weight excluding hydrogens is 254 g/mol. The van der Waals surface area contributed by atoms with Crippen molar-refractivity contribution >= 4 is 10.9 Å². The van der Waals surface area contributed by atoms with Gasteiger partial charge in [0.25, 0.3) is 5.56 Å². The largest absolute Gasteiger partial charge is 0.378 e. The van der Waals surface area contributed by atoms with Gasteiger partial charge in [-0.05, 0) is 12.1 Å². The van der Waals surface area contributed by atoms with E-state index in [0.717, 1.165) is 16.5 Å². The second-order valence-corrected chi connectivity index (χ2v) is 4.40. The first-order valence-electron chi connectivity index (χ1n) is 6.21. The van der Waals surface area contributed by atoms with Crippen LogP contribution in [0.2, 0.25) is 0 Å². The number of methoxy groups -OCH3 is 1. The van der Waals surface area contributed by atoms with Gasteiger partial charge >= 0.3 is 0 Å². The molecule has 0 aliphatic rings. The maximum absolute atomic E-state index is 11.7. The van der Waals surface area contributed by atoms with E-state index < -0.39 is 0 Å². The summed E-state index contributed by atoms with van der Waals surface area (Å²) in [7, 11) is 1.57. The first-order valence-corrected chi connectivity index (χ1v) is 6.21. The van der Waals surface area contributed by atoms with E-state index in [4.69, 9.17) is 4.74 Å². The lowest BCUT2D eigenvalue weighted by atomic mass is 10.1. The highest BCUT2D eigenvalue weighted by Gasteiger charge is 2.08. The highest BCUT2D eigenvalue weighted by atomic mass is 16.5. The predicted molar refractivity (Wildman–Crippen MR) is 76.3 cm³/mol. The summed E-state index contributed by atoms with van der Waals surface area (Å²) in [6.07, 6.45) is 1.73. The van der Waals surface area contributed by atoms with Gasteiger partial charge in [0.2, 0.25) is 0 Å². The van der Waals surface area contributed by atoms with Crippen LogP contribution in [0.25, 0.3) is 22.3 Å². The van der Waals surface area contributed by atoms with Gasteiger partial charge in [-0.15, -0.1) is 0 Å². The maximum atomic E-state index is 11.7. The van der Waals surface area contributed by atoms with Gasteiger partial charge < -0.3 is 9.72 Å². The van der Waals surface area contributed by atoms with E-state index in [1.807, 2.05) is 30.3 Å². The number of benzene rings is 1. The zero-order chi connectivity index (χ0) is 13.9. The van der Waals surface area contributed by atoms with E-state index in [1.165, 1.54) is 6.07 Å². The third kappa shape index (κ3) is 2.31. The van der Waals surface area contributed by atoms with Gasteiger partial charge in [-0.3, -0.25) is 9.78 Å². The monoisotopic (exact) mass is 267 g/mol. The van der Waals surface area contributed by atoms with E-state index in [9.17, 15) is 4.79 Å². The van der Waals surface area contributed by atoms with Crippen LogP contribution < -0.4 is 5.56 Å². The molecule has 2 aromatic heterocycles. The Balaban J connectivity index is 2.23. The Morgan fingerprint density at radius 2 is 2.10 bits per heavy atom. The fraction of sp³-hybridized carbons (Fsp3) is 0.133. The molecule has 0 spiro atoms. The summed E-state index contributed by atoms with van der Waals surface area (Å²) in [5.74, 6) is 0.508. The molecule has 0 aliphatic heterocycles. The van der Waals surface area contributed by atoms with Gasteiger partial charge in [0.15, 0.2) is 0 Å². The number of aromatic nitrogens is 3. The first kappa shape index (κ1) is 12.5. The summed E-state index contributed by atoms with van der Waals surface area (Å²) in [5.41, 5.74) is 2.01. The number of para-hydroxylation sites is 1. The fourth-order valence-electron chi connectivity index (χ4n) is 2.15. The van der Waals surface area contributed by atoms with E-state index in [2.05, 4.69) is 15.0 Å². The summed E-state index contributed by atoms with van der Waals surface area (Å²) in [5, 5.41) is 1.00. The van der Waals surface area contributed by atoms with Gasteiger partial charge in [0, 0.05) is 30.3 Å². The van der Waals surface area contributed by atoms with Crippen molar-refractivity contribution in [3.05, 3.63) is 58.6 Å². The number of H-pyrrole nitrogens is 1. The molecule has 0 unspecified atom stereocenters. The molecule has 3 aromatic rings. The molecule has 0 radical (unpaired) electrons. The van der Waals surface area contributed by atoms with E-state index in [0.29, 0.717) is 18.1 Å². The minimum Gasteiger partial charge on any atom is -0.378 e. The second-order valence-electron chi connectivity index (χ2n) is 4.40. The topological polar surface area (TPSA) is 67.9 Å². The highest BCUT2D eigenvalue weighted by molar-refractivity contribution is 5.91. The molecule has 0 amide bonds. The van der Waals surface area contributed by atoms with Crippen LogP contribution in [0.15, 0.2) is 47.4 Å². The van der Waals surface area contributed by atoms with Crippen molar-refractivity contribution < 1.29 is 4.74 Å². The lowest BCUT2D eigenvalue weighted by molar-refractivity contribution is 0.181. The number of rotatable bonds is 3. The van der Waals surface area contributed by atoms with Crippen molar-refractivity contribution in [3.8, 4) is 11.4 Å². The van der Waals surface area contributed by atoms with Crippen LogP contribution in [0.4, 0.5) is 0 Å². The van der Waals surface area contributed by atoms with Crippen molar-refractivity contribution in [1.82, 2.24) is 15.0 Å². The van der Waals surface area contributed by atoms with Crippen LogP contribution in [0.3, 0.4) is 0 Å². The van der Waals surface area contributed by atoms with E-state index in [1.54, 1.807) is 13.3 Å². The molecule has 3 rings (SSSR count). The highest BCUT2D eigenvalue weighted by Crippen LogP contribution is 2.23. The SMILES string of the molecule is COCc1cc(=O)[nH]c(-c2cccc3cccnc23)n1. The molecule has 20 heavy (non-hydrogen) atoms. The zero-order valence-corrected chi connectivity index (χ0v) is 11.0. The van der Waals surface area contributed by atoms with Crippen LogP contribution in [0.5, 0.6) is 0 Å². The number of nitrogens with one attached hydrogen (secondary N) is 1. The van der Waals surface area contributed by atoms with Gasteiger partial charge in [-0.1, -0.05) is 18.2 Å². The standard InChI is InChI=1S/C15H13N3O2/c1-20-9-11-8-13(19)18-15(17-11)12-6-2-4-10-5-3-7-16-14(10)12/h2-8H,9H2,1H3,(H,17,18,19). The molecule has 0 bridgehead atoms. The van der Waals surface area contributed by atoms with Crippen molar-refractivity contribution in [2.45, 2.75) is 6.61 Å². The average Bonchev–Trinajstić information content (AvgIpc) is 2.46. The molecule has 2 heterocycles. The number of nitrogens with zero attached hydrogens (tertiary/aromatic N) is 2. The molecule has 0 atom stereocenters. The second kappa shape index (κ2) is 5.22. The third-order valence-electron chi connectivity index (χ3n) is 2.97. The molecule has 0 aliphatic carbocycles. The average molecular weight is 267 g/mol. The molecule has 1 aromatic carbocycles. The quantitative estimate of drug-likeness (QED) is 0.789. The molecular formula is C15H13N3O2. The predicted octanol–water partition coefficient (Wildman–Crippen LogP) is 2.13. The normalized spacial score (nSPS) is 10.8. The summed E-state index contributed by atoms with van der Waals surface area (Å²) < 4.78 is 5.03. The summed E-state index contributed by atoms with van der Waals surface area (Å²) in [6.45, 7) is 0.301.